The van der Waals surface area contributed by atoms with Crippen molar-refractivity contribution in [3.05, 3.63) is 48.0 Å². The number of benzene rings is 2. The van der Waals surface area contributed by atoms with E-state index in [1.54, 1.807) is 42.5 Å². The Hall–Kier alpha value is -2.21. The number of methoxy groups -OCH3 is 1. The van der Waals surface area contributed by atoms with Gasteiger partial charge in [0.25, 0.3) is 10.0 Å². The third-order valence-electron chi connectivity index (χ3n) is 3.13. The van der Waals surface area contributed by atoms with Crippen molar-refractivity contribution in [2.75, 3.05) is 17.6 Å². The molecule has 0 atom stereocenters. The SMILES string of the molecule is CCc1ccc(S(=O)(=O)Nc2ccc(N)c(OC)c2)cc1. The minimum atomic E-state index is -3.62. The van der Waals surface area contributed by atoms with Gasteiger partial charge in [-0.25, -0.2) is 8.42 Å². The van der Waals surface area contributed by atoms with Crippen molar-refractivity contribution >= 4 is 21.4 Å². The zero-order valence-corrected chi connectivity index (χ0v) is 12.8. The Balaban J connectivity index is 2.28. The van der Waals surface area contributed by atoms with E-state index in [4.69, 9.17) is 10.5 Å². The molecule has 5 nitrogen and oxygen atoms in total. The third-order valence-corrected chi connectivity index (χ3v) is 4.52. The summed E-state index contributed by atoms with van der Waals surface area (Å²) < 4.78 is 32.2. The first-order valence-electron chi connectivity index (χ1n) is 6.51. The van der Waals surface area contributed by atoms with E-state index in [1.807, 2.05) is 6.92 Å². The maximum absolute atomic E-state index is 12.3. The molecule has 0 fully saturated rings. The summed E-state index contributed by atoms with van der Waals surface area (Å²) in [4.78, 5) is 0.218. The third kappa shape index (κ3) is 3.46. The van der Waals surface area contributed by atoms with Gasteiger partial charge < -0.3 is 10.5 Å². The van der Waals surface area contributed by atoms with Gasteiger partial charge in [0.2, 0.25) is 0 Å². The molecule has 6 heteroatoms. The lowest BCUT2D eigenvalue weighted by atomic mass is 10.2. The highest BCUT2D eigenvalue weighted by Crippen LogP contribution is 2.26. The monoisotopic (exact) mass is 306 g/mol. The lowest BCUT2D eigenvalue weighted by Gasteiger charge is -2.11. The molecular formula is C15H18N2O3S. The van der Waals surface area contributed by atoms with Crippen LogP contribution in [0.1, 0.15) is 12.5 Å². The van der Waals surface area contributed by atoms with Crippen LogP contribution in [0.2, 0.25) is 0 Å². The van der Waals surface area contributed by atoms with Crippen molar-refractivity contribution in [2.45, 2.75) is 18.2 Å². The van der Waals surface area contributed by atoms with E-state index in [9.17, 15) is 8.42 Å². The van der Waals surface area contributed by atoms with Gasteiger partial charge in [-0.05, 0) is 36.2 Å². The summed E-state index contributed by atoms with van der Waals surface area (Å²) >= 11 is 0. The lowest BCUT2D eigenvalue weighted by molar-refractivity contribution is 0.417. The summed E-state index contributed by atoms with van der Waals surface area (Å²) in [5.74, 6) is 0.427. The normalized spacial score (nSPS) is 11.1. The second-order valence-electron chi connectivity index (χ2n) is 4.56. The van der Waals surface area contributed by atoms with Crippen LogP contribution in [0.25, 0.3) is 0 Å². The first-order valence-corrected chi connectivity index (χ1v) is 8.00. The Labute approximate surface area is 124 Å². The molecular weight excluding hydrogens is 288 g/mol. The molecule has 2 aromatic rings. The molecule has 0 aromatic heterocycles. The smallest absolute Gasteiger partial charge is 0.261 e. The summed E-state index contributed by atoms with van der Waals surface area (Å²) in [6.07, 6.45) is 0.864. The summed E-state index contributed by atoms with van der Waals surface area (Å²) in [6.45, 7) is 2.02. The van der Waals surface area contributed by atoms with Crippen LogP contribution in [0.4, 0.5) is 11.4 Å². The van der Waals surface area contributed by atoms with E-state index in [1.165, 1.54) is 7.11 Å². The van der Waals surface area contributed by atoms with Crippen LogP contribution in [0.3, 0.4) is 0 Å². The van der Waals surface area contributed by atoms with Gasteiger partial charge in [-0.15, -0.1) is 0 Å². The molecule has 2 aromatic carbocycles. The fraction of sp³-hybridized carbons (Fsp3) is 0.200. The predicted molar refractivity (Wildman–Crippen MR) is 84.0 cm³/mol. The molecule has 3 N–H and O–H groups in total. The average molecular weight is 306 g/mol. The molecule has 0 bridgehead atoms. The molecule has 0 heterocycles. The summed E-state index contributed by atoms with van der Waals surface area (Å²) in [7, 11) is -2.14. The van der Waals surface area contributed by atoms with Crippen molar-refractivity contribution < 1.29 is 13.2 Å². The fourth-order valence-electron chi connectivity index (χ4n) is 1.89. The van der Waals surface area contributed by atoms with Gasteiger partial charge in [0, 0.05) is 6.07 Å². The molecule has 0 saturated heterocycles. The lowest BCUT2D eigenvalue weighted by Crippen LogP contribution is -2.13. The maximum atomic E-state index is 12.3. The highest BCUT2D eigenvalue weighted by atomic mass is 32.2. The number of nitrogens with one attached hydrogen (secondary N) is 1. The number of hydrogen-bond acceptors (Lipinski definition) is 4. The van der Waals surface area contributed by atoms with Gasteiger partial charge in [0.1, 0.15) is 5.75 Å². The van der Waals surface area contributed by atoms with E-state index < -0.39 is 10.0 Å². The van der Waals surface area contributed by atoms with Crippen molar-refractivity contribution in [3.63, 3.8) is 0 Å². The highest BCUT2D eigenvalue weighted by Gasteiger charge is 2.14. The molecule has 0 radical (unpaired) electrons. The standard InChI is InChI=1S/C15H18N2O3S/c1-3-11-4-7-13(8-5-11)21(18,19)17-12-6-9-14(16)15(10-12)20-2/h4-10,17H,3,16H2,1-2H3. The number of nitrogens with two attached hydrogens (primary N) is 1. The molecule has 0 aliphatic rings. The Morgan fingerprint density at radius 2 is 1.81 bits per heavy atom. The van der Waals surface area contributed by atoms with Gasteiger partial charge in [0.15, 0.2) is 0 Å². The maximum Gasteiger partial charge on any atom is 0.261 e. The Bertz CT molecular complexity index is 725. The quantitative estimate of drug-likeness (QED) is 0.832. The van der Waals surface area contributed by atoms with Crippen LogP contribution in [-0.2, 0) is 16.4 Å². The first-order chi connectivity index (χ1) is 9.96. The predicted octanol–water partition coefficient (Wildman–Crippen LogP) is 2.64. The first kappa shape index (κ1) is 15.2. The number of aryl methyl sites for hydroxylation is 1. The second kappa shape index (κ2) is 6.05. The number of nitrogen functional groups attached to an aromatic ring is 1. The van der Waals surface area contributed by atoms with E-state index in [0.29, 0.717) is 17.1 Å². The van der Waals surface area contributed by atoms with Crippen LogP contribution in [0.5, 0.6) is 5.75 Å². The van der Waals surface area contributed by atoms with Crippen molar-refractivity contribution in [1.29, 1.82) is 0 Å². The number of anilines is 2. The molecule has 2 rings (SSSR count). The molecule has 112 valence electrons. The zero-order valence-electron chi connectivity index (χ0n) is 12.0. The fourth-order valence-corrected chi connectivity index (χ4v) is 2.94. The molecule has 0 aliphatic heterocycles. The van der Waals surface area contributed by atoms with Crippen LogP contribution in [0.15, 0.2) is 47.4 Å². The molecule has 0 aliphatic carbocycles. The minimum Gasteiger partial charge on any atom is -0.495 e. The minimum absolute atomic E-state index is 0.218. The summed E-state index contributed by atoms with van der Waals surface area (Å²) in [6, 6.07) is 11.5. The molecule has 21 heavy (non-hydrogen) atoms. The molecule has 0 saturated carbocycles. The Morgan fingerprint density at radius 3 is 2.38 bits per heavy atom. The Morgan fingerprint density at radius 1 is 1.14 bits per heavy atom. The van der Waals surface area contributed by atoms with Gasteiger partial charge in [-0.1, -0.05) is 19.1 Å². The van der Waals surface area contributed by atoms with E-state index in [-0.39, 0.29) is 4.90 Å². The average Bonchev–Trinajstić information content (AvgIpc) is 2.49. The van der Waals surface area contributed by atoms with E-state index >= 15 is 0 Å². The second-order valence-corrected chi connectivity index (χ2v) is 6.24. The molecule has 0 amide bonds. The van der Waals surface area contributed by atoms with Crippen LogP contribution in [0, 0.1) is 0 Å². The largest absolute Gasteiger partial charge is 0.495 e. The van der Waals surface area contributed by atoms with Crippen LogP contribution >= 0.6 is 0 Å². The molecule has 0 unspecified atom stereocenters. The number of sulfonamides is 1. The van der Waals surface area contributed by atoms with Gasteiger partial charge in [0.05, 0.1) is 23.4 Å². The molecule has 0 spiro atoms. The van der Waals surface area contributed by atoms with Crippen LogP contribution in [-0.4, -0.2) is 15.5 Å². The van der Waals surface area contributed by atoms with Gasteiger partial charge in [-0.2, -0.15) is 0 Å². The highest BCUT2D eigenvalue weighted by molar-refractivity contribution is 7.92. The van der Waals surface area contributed by atoms with Gasteiger partial charge in [-0.3, -0.25) is 4.72 Å². The summed E-state index contributed by atoms with van der Waals surface area (Å²) in [5, 5.41) is 0. The van der Waals surface area contributed by atoms with Gasteiger partial charge >= 0.3 is 0 Å². The number of rotatable bonds is 5. The topological polar surface area (TPSA) is 81.4 Å². The van der Waals surface area contributed by atoms with Crippen molar-refractivity contribution in [3.8, 4) is 5.75 Å². The van der Waals surface area contributed by atoms with Crippen LogP contribution < -0.4 is 15.2 Å². The number of ether oxygens (including phenoxy) is 1. The van der Waals surface area contributed by atoms with E-state index in [0.717, 1.165) is 12.0 Å². The van der Waals surface area contributed by atoms with Crippen molar-refractivity contribution in [1.82, 2.24) is 0 Å². The summed E-state index contributed by atoms with van der Waals surface area (Å²) in [5.41, 5.74) is 7.65. The Kier molecular flexibility index (Phi) is 4.37. The van der Waals surface area contributed by atoms with Crippen molar-refractivity contribution in [2.24, 2.45) is 0 Å². The zero-order chi connectivity index (χ0) is 15.5. The number of hydrogen-bond donors (Lipinski definition) is 2. The van der Waals surface area contributed by atoms with E-state index in [2.05, 4.69) is 4.72 Å².